The van der Waals surface area contributed by atoms with Gasteiger partial charge >= 0.3 is 0 Å². The predicted octanol–water partition coefficient (Wildman–Crippen LogP) is 0.756. The molecule has 0 aliphatic carbocycles. The van der Waals surface area contributed by atoms with Crippen LogP contribution in [-0.2, 0) is 19.5 Å². The molecule has 2 aromatic rings. The molecule has 1 amide bonds. The van der Waals surface area contributed by atoms with Crippen LogP contribution in [0.3, 0.4) is 0 Å². The summed E-state index contributed by atoms with van der Waals surface area (Å²) in [6.45, 7) is 2.91. The third-order valence-corrected chi connectivity index (χ3v) is 2.78. The van der Waals surface area contributed by atoms with Gasteiger partial charge in [0.1, 0.15) is 5.82 Å². The molecule has 0 aliphatic heterocycles. The first-order valence-corrected chi connectivity index (χ1v) is 6.20. The smallest absolute Gasteiger partial charge is 0.291 e. The lowest BCUT2D eigenvalue weighted by molar-refractivity contribution is 0.0941. The first-order valence-electron chi connectivity index (χ1n) is 6.20. The Morgan fingerprint density at radius 1 is 1.32 bits per heavy atom. The molecule has 4 N–H and O–H groups in total. The van der Waals surface area contributed by atoms with E-state index in [-0.39, 0.29) is 11.7 Å². The van der Waals surface area contributed by atoms with Crippen molar-refractivity contribution < 1.29 is 4.79 Å². The van der Waals surface area contributed by atoms with Gasteiger partial charge in [-0.3, -0.25) is 9.89 Å². The molecular weight excluding hydrogens is 242 g/mol. The van der Waals surface area contributed by atoms with Gasteiger partial charge in [-0.2, -0.15) is 0 Å². The fraction of sp³-hybridized carbons (Fsp3) is 0.308. The van der Waals surface area contributed by atoms with Crippen molar-refractivity contribution in [3.63, 3.8) is 0 Å². The van der Waals surface area contributed by atoms with Gasteiger partial charge in [-0.05, 0) is 11.1 Å². The van der Waals surface area contributed by atoms with Crippen LogP contribution in [0.4, 0.5) is 0 Å². The summed E-state index contributed by atoms with van der Waals surface area (Å²) < 4.78 is 0. The number of amides is 1. The highest BCUT2D eigenvalue weighted by molar-refractivity contribution is 5.90. The first-order chi connectivity index (χ1) is 9.22. The Bertz CT molecular complexity index is 546. The van der Waals surface area contributed by atoms with Crippen molar-refractivity contribution in [1.82, 2.24) is 20.5 Å². The summed E-state index contributed by atoms with van der Waals surface area (Å²) in [6.07, 6.45) is 0.723. The Hall–Kier alpha value is -2.21. The van der Waals surface area contributed by atoms with Crippen LogP contribution in [0.2, 0.25) is 0 Å². The summed E-state index contributed by atoms with van der Waals surface area (Å²) in [5, 5.41) is 9.35. The van der Waals surface area contributed by atoms with Crippen LogP contribution >= 0.6 is 0 Å². The summed E-state index contributed by atoms with van der Waals surface area (Å²) in [7, 11) is 0. The van der Waals surface area contributed by atoms with E-state index in [4.69, 9.17) is 5.73 Å². The number of nitrogens with two attached hydrogens (primary N) is 1. The van der Waals surface area contributed by atoms with Crippen LogP contribution in [0, 0.1) is 0 Å². The van der Waals surface area contributed by atoms with Crippen molar-refractivity contribution in [3.8, 4) is 0 Å². The van der Waals surface area contributed by atoms with Gasteiger partial charge in [-0.1, -0.05) is 31.2 Å². The minimum atomic E-state index is -0.279. The maximum absolute atomic E-state index is 11.8. The number of H-pyrrole nitrogens is 1. The highest BCUT2D eigenvalue weighted by Crippen LogP contribution is 2.03. The highest BCUT2D eigenvalue weighted by Gasteiger charge is 2.11. The molecule has 6 nitrogen and oxygen atoms in total. The van der Waals surface area contributed by atoms with E-state index in [9.17, 15) is 4.79 Å². The Morgan fingerprint density at radius 2 is 2.00 bits per heavy atom. The van der Waals surface area contributed by atoms with Gasteiger partial charge in [0.2, 0.25) is 5.82 Å². The second kappa shape index (κ2) is 6.10. The molecule has 6 heteroatoms. The van der Waals surface area contributed by atoms with Gasteiger partial charge in [-0.15, -0.1) is 5.10 Å². The molecule has 2 rings (SSSR count). The Kier molecular flexibility index (Phi) is 4.25. The number of nitrogens with zero attached hydrogens (tertiary/aromatic N) is 2. The van der Waals surface area contributed by atoms with Crippen LogP contribution in [0.15, 0.2) is 24.3 Å². The number of aromatic amines is 1. The molecule has 1 aromatic heterocycles. The average Bonchev–Trinajstić information content (AvgIpc) is 2.94. The summed E-state index contributed by atoms with van der Waals surface area (Å²) >= 11 is 0. The van der Waals surface area contributed by atoms with E-state index in [1.54, 1.807) is 0 Å². The lowest BCUT2D eigenvalue weighted by Gasteiger charge is -2.04. The van der Waals surface area contributed by atoms with E-state index in [2.05, 4.69) is 20.5 Å². The standard InChI is InChI=1S/C13H17N5O/c1-2-11-16-12(18-17-11)13(19)15-8-10-5-3-9(7-14)4-6-10/h3-6H,2,7-8,14H2,1H3,(H,15,19)(H,16,17,18). The van der Waals surface area contributed by atoms with E-state index in [0.717, 1.165) is 17.5 Å². The molecule has 0 saturated heterocycles. The predicted molar refractivity (Wildman–Crippen MR) is 71.3 cm³/mol. The van der Waals surface area contributed by atoms with Gasteiger partial charge in [0, 0.05) is 19.5 Å². The molecule has 0 saturated carbocycles. The van der Waals surface area contributed by atoms with Gasteiger partial charge < -0.3 is 11.1 Å². The van der Waals surface area contributed by atoms with E-state index in [1.165, 1.54) is 0 Å². The van der Waals surface area contributed by atoms with E-state index >= 15 is 0 Å². The van der Waals surface area contributed by atoms with Crippen LogP contribution < -0.4 is 11.1 Å². The molecule has 0 unspecified atom stereocenters. The number of carbonyl (C=O) groups is 1. The van der Waals surface area contributed by atoms with Crippen LogP contribution in [0.1, 0.15) is 34.5 Å². The maximum Gasteiger partial charge on any atom is 0.291 e. The second-order valence-corrected chi connectivity index (χ2v) is 4.16. The summed E-state index contributed by atoms with van der Waals surface area (Å²) in [6, 6.07) is 7.78. The lowest BCUT2D eigenvalue weighted by Crippen LogP contribution is -2.24. The van der Waals surface area contributed by atoms with Crippen molar-refractivity contribution >= 4 is 5.91 Å². The molecule has 0 bridgehead atoms. The van der Waals surface area contributed by atoms with Gasteiger partial charge in [0.15, 0.2) is 0 Å². The maximum atomic E-state index is 11.8. The SMILES string of the molecule is CCc1nc(C(=O)NCc2ccc(CN)cc2)n[nH]1. The molecule has 0 spiro atoms. The quantitative estimate of drug-likeness (QED) is 0.738. The topological polar surface area (TPSA) is 96.7 Å². The van der Waals surface area contributed by atoms with Gasteiger partial charge in [0.25, 0.3) is 5.91 Å². The number of aromatic nitrogens is 3. The van der Waals surface area contributed by atoms with Gasteiger partial charge in [-0.25, -0.2) is 4.98 Å². The van der Waals surface area contributed by atoms with Crippen molar-refractivity contribution in [2.24, 2.45) is 5.73 Å². The highest BCUT2D eigenvalue weighted by atomic mass is 16.2. The van der Waals surface area contributed by atoms with Crippen molar-refractivity contribution in [2.45, 2.75) is 26.4 Å². The summed E-state index contributed by atoms with van der Waals surface area (Å²) in [5.41, 5.74) is 7.60. The first kappa shape index (κ1) is 13.2. The molecule has 0 fully saturated rings. The minimum absolute atomic E-state index is 0.176. The monoisotopic (exact) mass is 259 g/mol. The number of carbonyl (C=O) groups excluding carboxylic acids is 1. The third-order valence-electron chi connectivity index (χ3n) is 2.78. The summed E-state index contributed by atoms with van der Waals surface area (Å²) in [4.78, 5) is 15.9. The van der Waals surface area contributed by atoms with E-state index in [1.807, 2.05) is 31.2 Å². The van der Waals surface area contributed by atoms with Crippen LogP contribution in [0.5, 0.6) is 0 Å². The van der Waals surface area contributed by atoms with Crippen molar-refractivity contribution in [3.05, 3.63) is 47.0 Å². The molecule has 1 aromatic carbocycles. The Morgan fingerprint density at radius 3 is 2.58 bits per heavy atom. The number of hydrogen-bond acceptors (Lipinski definition) is 4. The molecular formula is C13H17N5O. The zero-order valence-electron chi connectivity index (χ0n) is 10.8. The average molecular weight is 259 g/mol. The number of hydrogen-bond donors (Lipinski definition) is 3. The summed E-state index contributed by atoms with van der Waals surface area (Å²) in [5.74, 6) is 0.603. The number of nitrogens with one attached hydrogen (secondary N) is 2. The Balaban J connectivity index is 1.92. The zero-order chi connectivity index (χ0) is 13.7. The molecule has 100 valence electrons. The minimum Gasteiger partial charge on any atom is -0.345 e. The lowest BCUT2D eigenvalue weighted by atomic mass is 10.1. The zero-order valence-corrected chi connectivity index (χ0v) is 10.8. The molecule has 1 heterocycles. The third kappa shape index (κ3) is 3.38. The molecule has 0 radical (unpaired) electrons. The Labute approximate surface area is 111 Å². The fourth-order valence-corrected chi connectivity index (χ4v) is 1.61. The largest absolute Gasteiger partial charge is 0.345 e. The van der Waals surface area contributed by atoms with E-state index < -0.39 is 0 Å². The number of benzene rings is 1. The fourth-order valence-electron chi connectivity index (χ4n) is 1.61. The van der Waals surface area contributed by atoms with Crippen molar-refractivity contribution in [1.29, 1.82) is 0 Å². The second-order valence-electron chi connectivity index (χ2n) is 4.16. The molecule has 19 heavy (non-hydrogen) atoms. The number of rotatable bonds is 5. The number of aryl methyl sites for hydroxylation is 1. The normalized spacial score (nSPS) is 10.4. The van der Waals surface area contributed by atoms with Crippen LogP contribution in [-0.4, -0.2) is 21.1 Å². The van der Waals surface area contributed by atoms with E-state index in [0.29, 0.717) is 18.9 Å². The van der Waals surface area contributed by atoms with Crippen LogP contribution in [0.25, 0.3) is 0 Å². The molecule has 0 aliphatic rings. The van der Waals surface area contributed by atoms with Gasteiger partial charge in [0.05, 0.1) is 0 Å². The van der Waals surface area contributed by atoms with Crippen molar-refractivity contribution in [2.75, 3.05) is 0 Å². The molecule has 0 atom stereocenters.